The van der Waals surface area contributed by atoms with Gasteiger partial charge in [0.15, 0.2) is 5.69 Å². The minimum atomic E-state index is -0.468. The third-order valence-corrected chi connectivity index (χ3v) is 3.90. The van der Waals surface area contributed by atoms with Crippen molar-refractivity contribution in [1.29, 1.82) is 0 Å². The molecule has 6 heteroatoms. The van der Waals surface area contributed by atoms with Gasteiger partial charge in [0, 0.05) is 23.7 Å². The summed E-state index contributed by atoms with van der Waals surface area (Å²) in [5, 5.41) is 8.44. The number of aromatic nitrogens is 2. The van der Waals surface area contributed by atoms with Crippen LogP contribution in [0.2, 0.25) is 0 Å². The third kappa shape index (κ3) is 4.55. The van der Waals surface area contributed by atoms with Crippen LogP contribution in [-0.2, 0) is 6.54 Å². The second kappa shape index (κ2) is 8.71. The molecule has 0 aliphatic rings. The van der Waals surface area contributed by atoms with Crippen molar-refractivity contribution in [2.45, 2.75) is 19.9 Å². The van der Waals surface area contributed by atoms with Crippen molar-refractivity contribution >= 4 is 11.6 Å². The number of aryl methyl sites for hydroxylation is 1. The lowest BCUT2D eigenvalue weighted by molar-refractivity contribution is 0.0947. The number of carbonyl (C=O) groups excluding carboxylic acids is 1. The largest absolute Gasteiger partial charge is 0.291 e. The van der Waals surface area contributed by atoms with Gasteiger partial charge in [0.1, 0.15) is 0 Å². The molecule has 3 rings (SSSR count). The van der Waals surface area contributed by atoms with Crippen molar-refractivity contribution in [3.63, 3.8) is 0 Å². The Morgan fingerprint density at radius 3 is 2.11 bits per heavy atom. The van der Waals surface area contributed by atoms with E-state index in [2.05, 4.69) is 15.6 Å². The van der Waals surface area contributed by atoms with Crippen LogP contribution >= 0.6 is 0 Å². The Kier molecular flexibility index (Phi) is 5.89. The standard InChI is InChI=1S/C21H20N4O2/c1-2-15-25-19(26)14-13-18(24-25)21(27)23-22-20(16-9-5-3-6-10-16)17-11-7-4-8-12-17/h3-14H,2,15H2,1H3,(H,23,27). The van der Waals surface area contributed by atoms with E-state index in [0.29, 0.717) is 12.3 Å². The van der Waals surface area contributed by atoms with Crippen LogP contribution in [0.3, 0.4) is 0 Å². The second-order valence-electron chi connectivity index (χ2n) is 5.91. The Morgan fingerprint density at radius 1 is 0.963 bits per heavy atom. The summed E-state index contributed by atoms with van der Waals surface area (Å²) in [5.74, 6) is -0.468. The van der Waals surface area contributed by atoms with Gasteiger partial charge in [-0.15, -0.1) is 0 Å². The van der Waals surface area contributed by atoms with Crippen LogP contribution in [0.4, 0.5) is 0 Å². The molecule has 0 aliphatic carbocycles. The van der Waals surface area contributed by atoms with Crippen molar-refractivity contribution in [3.8, 4) is 0 Å². The van der Waals surface area contributed by atoms with E-state index < -0.39 is 5.91 Å². The van der Waals surface area contributed by atoms with Crippen LogP contribution < -0.4 is 11.0 Å². The predicted octanol–water partition coefficient (Wildman–Crippen LogP) is 2.84. The zero-order valence-electron chi connectivity index (χ0n) is 15.0. The number of nitrogens with zero attached hydrogens (tertiary/aromatic N) is 3. The summed E-state index contributed by atoms with van der Waals surface area (Å²) >= 11 is 0. The van der Waals surface area contributed by atoms with Crippen LogP contribution in [0.5, 0.6) is 0 Å². The molecule has 2 aromatic carbocycles. The quantitative estimate of drug-likeness (QED) is 0.542. The van der Waals surface area contributed by atoms with E-state index in [1.165, 1.54) is 16.8 Å². The van der Waals surface area contributed by atoms with Crippen LogP contribution in [0.1, 0.15) is 35.0 Å². The van der Waals surface area contributed by atoms with E-state index in [4.69, 9.17) is 0 Å². The van der Waals surface area contributed by atoms with E-state index in [-0.39, 0.29) is 11.3 Å². The van der Waals surface area contributed by atoms with E-state index in [1.54, 1.807) is 0 Å². The van der Waals surface area contributed by atoms with Gasteiger partial charge in [0.05, 0.1) is 5.71 Å². The predicted molar refractivity (Wildman–Crippen MR) is 105 cm³/mol. The Bertz CT molecular complexity index is 954. The fourth-order valence-corrected chi connectivity index (χ4v) is 2.59. The van der Waals surface area contributed by atoms with E-state index in [9.17, 15) is 9.59 Å². The molecule has 0 aliphatic heterocycles. The molecule has 0 unspecified atom stereocenters. The molecule has 0 spiro atoms. The van der Waals surface area contributed by atoms with Gasteiger partial charge in [-0.1, -0.05) is 67.6 Å². The maximum Gasteiger partial charge on any atom is 0.291 e. The van der Waals surface area contributed by atoms with Gasteiger partial charge >= 0.3 is 0 Å². The molecule has 1 N–H and O–H groups in total. The molecule has 27 heavy (non-hydrogen) atoms. The number of hydrazone groups is 1. The van der Waals surface area contributed by atoms with Crippen molar-refractivity contribution < 1.29 is 4.79 Å². The Hall–Kier alpha value is -3.54. The molecule has 1 amide bonds. The molecule has 0 saturated heterocycles. The summed E-state index contributed by atoms with van der Waals surface area (Å²) in [6, 6.07) is 22.0. The Morgan fingerprint density at radius 2 is 1.56 bits per heavy atom. The van der Waals surface area contributed by atoms with E-state index in [0.717, 1.165) is 17.5 Å². The summed E-state index contributed by atoms with van der Waals surface area (Å²) < 4.78 is 1.29. The van der Waals surface area contributed by atoms with Crippen molar-refractivity contribution in [2.75, 3.05) is 0 Å². The maximum absolute atomic E-state index is 12.5. The number of carbonyl (C=O) groups is 1. The van der Waals surface area contributed by atoms with Crippen molar-refractivity contribution in [1.82, 2.24) is 15.2 Å². The first-order chi connectivity index (χ1) is 13.2. The van der Waals surface area contributed by atoms with Crippen molar-refractivity contribution in [2.24, 2.45) is 5.10 Å². The molecule has 0 fully saturated rings. The van der Waals surface area contributed by atoms with Crippen molar-refractivity contribution in [3.05, 3.63) is 100.0 Å². The monoisotopic (exact) mass is 360 g/mol. The Balaban J connectivity index is 1.90. The van der Waals surface area contributed by atoms with Gasteiger partial charge in [-0.3, -0.25) is 9.59 Å². The summed E-state index contributed by atoms with van der Waals surface area (Å²) in [6.07, 6.45) is 0.752. The number of hydrogen-bond acceptors (Lipinski definition) is 4. The fourth-order valence-electron chi connectivity index (χ4n) is 2.59. The SMILES string of the molecule is CCCn1nc(C(=O)NN=C(c2ccccc2)c2ccccc2)ccc1=O. The van der Waals surface area contributed by atoms with Gasteiger partial charge < -0.3 is 0 Å². The Labute approximate surface area is 157 Å². The third-order valence-electron chi connectivity index (χ3n) is 3.90. The number of amides is 1. The van der Waals surface area contributed by atoms with Gasteiger partial charge in [0.2, 0.25) is 0 Å². The average molecular weight is 360 g/mol. The highest BCUT2D eigenvalue weighted by molar-refractivity contribution is 6.13. The minimum absolute atomic E-state index is 0.146. The lowest BCUT2D eigenvalue weighted by atomic mass is 10.0. The van der Waals surface area contributed by atoms with E-state index in [1.807, 2.05) is 67.6 Å². The summed E-state index contributed by atoms with van der Waals surface area (Å²) in [7, 11) is 0. The van der Waals surface area contributed by atoms with Crippen LogP contribution in [0.25, 0.3) is 0 Å². The topological polar surface area (TPSA) is 76.3 Å². The molecular formula is C21H20N4O2. The number of nitrogens with one attached hydrogen (secondary N) is 1. The highest BCUT2D eigenvalue weighted by Gasteiger charge is 2.11. The molecule has 1 aromatic heterocycles. The first kappa shape index (κ1) is 18.3. The van der Waals surface area contributed by atoms with Gasteiger partial charge in [0.25, 0.3) is 11.5 Å². The molecule has 0 radical (unpaired) electrons. The molecule has 0 atom stereocenters. The summed E-state index contributed by atoms with van der Waals surface area (Å²) in [4.78, 5) is 24.2. The average Bonchev–Trinajstić information content (AvgIpc) is 2.71. The van der Waals surface area contributed by atoms with E-state index >= 15 is 0 Å². The highest BCUT2D eigenvalue weighted by atomic mass is 16.2. The smallest absolute Gasteiger partial charge is 0.268 e. The second-order valence-corrected chi connectivity index (χ2v) is 5.91. The number of hydrogen-bond donors (Lipinski definition) is 1. The molecule has 3 aromatic rings. The van der Waals surface area contributed by atoms with Crippen LogP contribution in [-0.4, -0.2) is 21.4 Å². The van der Waals surface area contributed by atoms with Gasteiger partial charge in [-0.25, -0.2) is 10.1 Å². The first-order valence-electron chi connectivity index (χ1n) is 8.76. The first-order valence-corrected chi connectivity index (χ1v) is 8.76. The lowest BCUT2D eigenvalue weighted by Gasteiger charge is -2.08. The maximum atomic E-state index is 12.5. The summed E-state index contributed by atoms with van der Waals surface area (Å²) in [5.41, 5.74) is 4.88. The molecule has 136 valence electrons. The van der Waals surface area contributed by atoms with Gasteiger partial charge in [-0.2, -0.15) is 10.2 Å². The normalized spacial score (nSPS) is 10.3. The zero-order chi connectivity index (χ0) is 19.1. The molecule has 0 bridgehead atoms. The molecule has 0 saturated carbocycles. The summed E-state index contributed by atoms with van der Waals surface area (Å²) in [6.45, 7) is 2.40. The van der Waals surface area contributed by atoms with Crippen LogP contribution in [0.15, 0.2) is 82.7 Å². The van der Waals surface area contributed by atoms with Crippen LogP contribution in [0, 0.1) is 0 Å². The molecule has 1 heterocycles. The number of benzene rings is 2. The van der Waals surface area contributed by atoms with Gasteiger partial charge in [-0.05, 0) is 12.5 Å². The zero-order valence-corrected chi connectivity index (χ0v) is 15.0. The highest BCUT2D eigenvalue weighted by Crippen LogP contribution is 2.10. The lowest BCUT2D eigenvalue weighted by Crippen LogP contribution is -2.28. The molecular weight excluding hydrogens is 340 g/mol. The molecule has 6 nitrogen and oxygen atoms in total. The number of rotatable bonds is 6. The fraction of sp³-hybridized carbons (Fsp3) is 0.143. The minimum Gasteiger partial charge on any atom is -0.268 e.